The van der Waals surface area contributed by atoms with E-state index in [0.717, 1.165) is 42.6 Å². The van der Waals surface area contributed by atoms with Crippen molar-refractivity contribution in [3.05, 3.63) is 119 Å². The van der Waals surface area contributed by atoms with E-state index >= 15 is 0 Å². The van der Waals surface area contributed by atoms with Gasteiger partial charge in [0.05, 0.1) is 18.4 Å². The largest absolute Gasteiger partial charge is 0.497 e. The molecule has 0 unspecified atom stereocenters. The topological polar surface area (TPSA) is 95.9 Å². The monoisotopic (exact) mass is 594 g/mol. The van der Waals surface area contributed by atoms with Crippen molar-refractivity contribution in [3.63, 3.8) is 0 Å². The predicted octanol–water partition coefficient (Wildman–Crippen LogP) is 6.02. The van der Waals surface area contributed by atoms with Crippen LogP contribution in [0.25, 0.3) is 0 Å². The molecule has 8 heteroatoms. The second-order valence-corrected chi connectivity index (χ2v) is 11.0. The van der Waals surface area contributed by atoms with Crippen LogP contribution in [0.4, 0.5) is 5.95 Å². The Hall–Kier alpha value is -4.72. The Morgan fingerprint density at radius 1 is 0.841 bits per heavy atom. The maximum Gasteiger partial charge on any atom is 0.323 e. The zero-order chi connectivity index (χ0) is 31.3. The fourth-order valence-electron chi connectivity index (χ4n) is 5.04. The smallest absolute Gasteiger partial charge is 0.323 e. The molecule has 0 saturated heterocycles. The number of likely N-dealkylation sites (N-methyl/N-ethyl adjacent to an activating group) is 1. The third kappa shape index (κ3) is 9.39. The van der Waals surface area contributed by atoms with E-state index < -0.39 is 18.4 Å². The number of benzene rings is 3. The third-order valence-corrected chi connectivity index (χ3v) is 7.62. The number of rotatable bonds is 16. The molecular weight excluding hydrogens is 552 g/mol. The summed E-state index contributed by atoms with van der Waals surface area (Å²) in [5, 5.41) is 9.70. The molecule has 4 rings (SSSR count). The zero-order valence-corrected chi connectivity index (χ0v) is 25.9. The molecule has 44 heavy (non-hydrogen) atoms. The first-order chi connectivity index (χ1) is 21.4. The summed E-state index contributed by atoms with van der Waals surface area (Å²) in [6, 6.07) is 26.1. The summed E-state index contributed by atoms with van der Waals surface area (Å²) in [7, 11) is 3.57. The molecule has 1 heterocycles. The Kier molecular flexibility index (Phi) is 11.9. The van der Waals surface area contributed by atoms with Gasteiger partial charge in [0.2, 0.25) is 5.95 Å². The Morgan fingerprint density at radius 3 is 2.25 bits per heavy atom. The van der Waals surface area contributed by atoms with Crippen LogP contribution in [0.3, 0.4) is 0 Å². The number of carboxylic acids is 1. The lowest BCUT2D eigenvalue weighted by atomic mass is 10.0. The van der Waals surface area contributed by atoms with Crippen LogP contribution in [0.15, 0.2) is 85.1 Å². The second kappa shape index (κ2) is 16.2. The fourth-order valence-corrected chi connectivity index (χ4v) is 5.04. The number of amides is 1. The highest BCUT2D eigenvalue weighted by Crippen LogP contribution is 2.20. The zero-order valence-electron chi connectivity index (χ0n) is 25.9. The molecule has 0 bridgehead atoms. The third-order valence-electron chi connectivity index (χ3n) is 7.62. The number of nitrogens with zero attached hydrogens (tertiary/aromatic N) is 4. The molecule has 3 aromatic carbocycles. The first-order valence-corrected chi connectivity index (χ1v) is 15.2. The number of hydrogen-bond donors (Lipinski definition) is 1. The lowest BCUT2D eigenvalue weighted by molar-refractivity contribution is -0.137. The minimum absolute atomic E-state index is 0.174. The van der Waals surface area contributed by atoms with E-state index in [0.29, 0.717) is 36.6 Å². The molecule has 0 spiro atoms. The van der Waals surface area contributed by atoms with Gasteiger partial charge in [0, 0.05) is 26.3 Å². The minimum Gasteiger partial charge on any atom is -0.497 e. The van der Waals surface area contributed by atoms with E-state index in [1.165, 1.54) is 16.0 Å². The Bertz CT molecular complexity index is 1510. The highest BCUT2D eigenvalue weighted by molar-refractivity contribution is 5.96. The number of unbranched alkanes of at least 4 members (excludes halogenated alkanes) is 1. The molecule has 0 atom stereocenters. The molecule has 8 nitrogen and oxygen atoms in total. The van der Waals surface area contributed by atoms with Crippen molar-refractivity contribution in [2.45, 2.75) is 52.0 Å². The van der Waals surface area contributed by atoms with Crippen LogP contribution >= 0.6 is 0 Å². The quantitative estimate of drug-likeness (QED) is 0.170. The SMILES string of the molecule is CCCCc1ccc(CN(CC(=O)O)C(=O)c2cnc(N(C)CCc3ccccc3)nc2CCc2cccc(OC)c2)cc1. The van der Waals surface area contributed by atoms with Crippen LogP contribution in [0.5, 0.6) is 5.75 Å². The number of carbonyl (C=O) groups is 2. The minimum atomic E-state index is -1.07. The second-order valence-electron chi connectivity index (χ2n) is 11.0. The molecule has 0 aliphatic carbocycles. The van der Waals surface area contributed by atoms with Gasteiger partial charge in [-0.05, 0) is 66.5 Å². The van der Waals surface area contributed by atoms with Crippen LogP contribution < -0.4 is 9.64 Å². The van der Waals surface area contributed by atoms with Crippen LogP contribution in [-0.2, 0) is 37.0 Å². The van der Waals surface area contributed by atoms with E-state index in [4.69, 9.17) is 9.72 Å². The molecule has 0 aliphatic rings. The highest BCUT2D eigenvalue weighted by atomic mass is 16.5. The van der Waals surface area contributed by atoms with E-state index in [2.05, 4.69) is 36.2 Å². The number of carbonyl (C=O) groups excluding carboxylic acids is 1. The number of ether oxygens (including phenoxy) is 1. The Labute approximate surface area is 260 Å². The number of methoxy groups -OCH3 is 1. The fraction of sp³-hybridized carbons (Fsp3) is 0.333. The maximum atomic E-state index is 14.0. The van der Waals surface area contributed by atoms with Crippen LogP contribution in [0.2, 0.25) is 0 Å². The van der Waals surface area contributed by atoms with Crippen molar-refractivity contribution >= 4 is 17.8 Å². The molecule has 1 aromatic heterocycles. The van der Waals surface area contributed by atoms with Crippen LogP contribution in [0, 0.1) is 0 Å². The van der Waals surface area contributed by atoms with Crippen molar-refractivity contribution in [2.24, 2.45) is 0 Å². The van der Waals surface area contributed by atoms with Gasteiger partial charge in [-0.25, -0.2) is 9.97 Å². The average molecular weight is 595 g/mol. The van der Waals surface area contributed by atoms with Gasteiger partial charge in [-0.2, -0.15) is 0 Å². The van der Waals surface area contributed by atoms with Gasteiger partial charge < -0.3 is 19.6 Å². The lowest BCUT2D eigenvalue weighted by Gasteiger charge is -2.23. The first kappa shape index (κ1) is 32.2. The van der Waals surface area contributed by atoms with Gasteiger partial charge >= 0.3 is 5.97 Å². The van der Waals surface area contributed by atoms with E-state index in [1.54, 1.807) is 13.3 Å². The molecule has 0 saturated carbocycles. The van der Waals surface area contributed by atoms with Gasteiger partial charge in [0.1, 0.15) is 12.3 Å². The van der Waals surface area contributed by atoms with E-state index in [-0.39, 0.29) is 6.54 Å². The molecule has 4 aromatic rings. The van der Waals surface area contributed by atoms with Crippen molar-refractivity contribution in [2.75, 3.05) is 32.1 Å². The Morgan fingerprint density at radius 2 is 1.55 bits per heavy atom. The summed E-state index contributed by atoms with van der Waals surface area (Å²) in [5.41, 5.74) is 5.26. The van der Waals surface area contributed by atoms with Gasteiger partial charge in [-0.15, -0.1) is 0 Å². The average Bonchev–Trinajstić information content (AvgIpc) is 3.05. The molecule has 0 fully saturated rings. The molecule has 1 amide bonds. The Balaban J connectivity index is 1.59. The van der Waals surface area contributed by atoms with Crippen molar-refractivity contribution in [3.8, 4) is 5.75 Å². The van der Waals surface area contributed by atoms with E-state index in [9.17, 15) is 14.7 Å². The maximum absolute atomic E-state index is 14.0. The van der Waals surface area contributed by atoms with Gasteiger partial charge in [0.15, 0.2) is 0 Å². The summed E-state index contributed by atoms with van der Waals surface area (Å²) >= 11 is 0. The molecule has 0 aliphatic heterocycles. The summed E-state index contributed by atoms with van der Waals surface area (Å²) in [5.74, 6) is -0.197. The first-order valence-electron chi connectivity index (χ1n) is 15.2. The summed E-state index contributed by atoms with van der Waals surface area (Å²) in [6.07, 6.45) is 6.70. The van der Waals surface area contributed by atoms with Crippen molar-refractivity contribution < 1.29 is 19.4 Å². The number of aryl methyl sites for hydroxylation is 3. The predicted molar refractivity (Wildman–Crippen MR) is 173 cm³/mol. The van der Waals surface area contributed by atoms with Gasteiger partial charge in [0.25, 0.3) is 5.91 Å². The number of hydrogen-bond acceptors (Lipinski definition) is 6. The number of aromatic nitrogens is 2. The standard InChI is InChI=1S/C36H42N4O4/c1-4-5-10-28-15-17-30(18-16-28)25-40(26-34(41)42)35(43)32-24-37-36(39(2)22-21-27-11-7-6-8-12-27)38-33(32)20-19-29-13-9-14-31(23-29)44-3/h6-9,11-18,23-24H,4-5,10,19-22,25-26H2,1-3H3,(H,41,42). The summed E-state index contributed by atoms with van der Waals surface area (Å²) in [6.45, 7) is 2.61. The normalized spacial score (nSPS) is 10.8. The lowest BCUT2D eigenvalue weighted by Crippen LogP contribution is -2.36. The van der Waals surface area contributed by atoms with Crippen LogP contribution in [0.1, 0.15) is 58.1 Å². The molecular formula is C36H42N4O4. The summed E-state index contributed by atoms with van der Waals surface area (Å²) in [4.78, 5) is 38.6. The highest BCUT2D eigenvalue weighted by Gasteiger charge is 2.24. The molecule has 0 radical (unpaired) electrons. The van der Waals surface area contributed by atoms with Crippen molar-refractivity contribution in [1.82, 2.24) is 14.9 Å². The van der Waals surface area contributed by atoms with Gasteiger partial charge in [-0.3, -0.25) is 9.59 Å². The number of carboxylic acid groups (broad SMARTS) is 1. The van der Waals surface area contributed by atoms with Crippen LogP contribution in [-0.4, -0.2) is 59.1 Å². The molecule has 230 valence electrons. The van der Waals surface area contributed by atoms with E-state index in [1.807, 2.05) is 66.5 Å². The number of anilines is 1. The molecule has 1 N–H and O–H groups in total. The van der Waals surface area contributed by atoms with Crippen molar-refractivity contribution in [1.29, 1.82) is 0 Å². The van der Waals surface area contributed by atoms with Gasteiger partial charge in [-0.1, -0.05) is 80.1 Å². The number of aliphatic carboxylic acids is 1. The summed E-state index contributed by atoms with van der Waals surface area (Å²) < 4.78 is 5.39.